The maximum absolute atomic E-state index is 5.51. The number of hydrogen-bond donors (Lipinski definition) is 2. The fraction of sp³-hybridized carbons (Fsp3) is 0.100. The zero-order valence-corrected chi connectivity index (χ0v) is 8.31. The van der Waals surface area contributed by atoms with Crippen LogP contribution in [0.3, 0.4) is 0 Å². The molecule has 0 amide bonds. The van der Waals surface area contributed by atoms with Gasteiger partial charge in [0.25, 0.3) is 0 Å². The number of pyridine rings is 1. The van der Waals surface area contributed by atoms with E-state index < -0.39 is 0 Å². The first kappa shape index (κ1) is 9.39. The lowest BCUT2D eigenvalue weighted by molar-refractivity contribution is 1.20. The van der Waals surface area contributed by atoms with Gasteiger partial charge in [0.1, 0.15) is 5.82 Å². The second-order valence-electron chi connectivity index (χ2n) is 3.21. The molecule has 0 unspecified atom stereocenters. The third-order valence-electron chi connectivity index (χ3n) is 1.80. The molecule has 76 valence electrons. The first-order valence-electron chi connectivity index (χ1n) is 4.50. The predicted octanol–water partition coefficient (Wildman–Crippen LogP) is 1.51. The van der Waals surface area contributed by atoms with Crippen molar-refractivity contribution in [2.24, 2.45) is 0 Å². The molecule has 0 aliphatic carbocycles. The van der Waals surface area contributed by atoms with E-state index in [0.717, 1.165) is 11.3 Å². The van der Waals surface area contributed by atoms with E-state index in [4.69, 9.17) is 5.73 Å². The van der Waals surface area contributed by atoms with Crippen molar-refractivity contribution < 1.29 is 0 Å². The van der Waals surface area contributed by atoms with Crippen LogP contribution < -0.4 is 11.1 Å². The Hall–Kier alpha value is -2.17. The van der Waals surface area contributed by atoms with Crippen molar-refractivity contribution in [1.82, 2.24) is 15.0 Å². The molecule has 0 atom stereocenters. The van der Waals surface area contributed by atoms with Crippen LogP contribution in [0, 0.1) is 6.92 Å². The Morgan fingerprint density at radius 3 is 2.67 bits per heavy atom. The van der Waals surface area contributed by atoms with Gasteiger partial charge in [-0.2, -0.15) is 0 Å². The van der Waals surface area contributed by atoms with E-state index in [9.17, 15) is 0 Å². The summed E-state index contributed by atoms with van der Waals surface area (Å²) >= 11 is 0. The molecular weight excluding hydrogens is 190 g/mol. The summed E-state index contributed by atoms with van der Waals surface area (Å²) in [6.45, 7) is 1.98. The number of aromatic nitrogens is 3. The van der Waals surface area contributed by atoms with Gasteiger partial charge in [0.05, 0.1) is 24.3 Å². The van der Waals surface area contributed by atoms with Crippen molar-refractivity contribution in [3.8, 4) is 0 Å². The standard InChI is InChI=1S/C10H11N5/c1-7-2-8(4-12-3-7)14-10-6-13-5-9(11)15-10/h2-6H,1H3,(H3,11,14,15). The summed E-state index contributed by atoms with van der Waals surface area (Å²) in [5.41, 5.74) is 7.46. The quantitative estimate of drug-likeness (QED) is 0.770. The highest BCUT2D eigenvalue weighted by Gasteiger charge is 1.97. The lowest BCUT2D eigenvalue weighted by Crippen LogP contribution is -1.98. The van der Waals surface area contributed by atoms with Gasteiger partial charge in [-0.15, -0.1) is 0 Å². The molecule has 15 heavy (non-hydrogen) atoms. The van der Waals surface area contributed by atoms with Crippen molar-refractivity contribution in [1.29, 1.82) is 0 Å². The van der Waals surface area contributed by atoms with Crippen LogP contribution in [0.1, 0.15) is 5.56 Å². The molecule has 0 spiro atoms. The summed E-state index contributed by atoms with van der Waals surface area (Å²) < 4.78 is 0. The Morgan fingerprint density at radius 1 is 1.13 bits per heavy atom. The molecule has 0 saturated heterocycles. The van der Waals surface area contributed by atoms with Crippen LogP contribution in [0.5, 0.6) is 0 Å². The molecule has 0 bridgehead atoms. The molecule has 2 heterocycles. The maximum Gasteiger partial charge on any atom is 0.151 e. The molecule has 0 aliphatic rings. The predicted molar refractivity (Wildman–Crippen MR) is 58.7 cm³/mol. The van der Waals surface area contributed by atoms with Crippen LogP contribution in [0.25, 0.3) is 0 Å². The molecule has 5 heteroatoms. The summed E-state index contributed by atoms with van der Waals surface area (Å²) in [5, 5.41) is 3.07. The number of nitrogens with zero attached hydrogens (tertiary/aromatic N) is 3. The highest BCUT2D eigenvalue weighted by Crippen LogP contribution is 2.13. The SMILES string of the molecule is Cc1cncc(Nc2cncc(N)n2)c1. The summed E-state index contributed by atoms with van der Waals surface area (Å²) in [5.74, 6) is 1.00. The fourth-order valence-electron chi connectivity index (χ4n) is 1.21. The van der Waals surface area contributed by atoms with Gasteiger partial charge in [-0.05, 0) is 18.6 Å². The summed E-state index contributed by atoms with van der Waals surface area (Å²) in [4.78, 5) is 12.1. The minimum absolute atomic E-state index is 0.389. The lowest BCUT2D eigenvalue weighted by atomic mass is 10.3. The van der Waals surface area contributed by atoms with Crippen molar-refractivity contribution >= 4 is 17.3 Å². The topological polar surface area (TPSA) is 76.7 Å². The Bertz CT molecular complexity index is 425. The van der Waals surface area contributed by atoms with Crippen molar-refractivity contribution in [3.63, 3.8) is 0 Å². The number of aryl methyl sites for hydroxylation is 1. The van der Waals surface area contributed by atoms with Crippen LogP contribution in [0.4, 0.5) is 17.3 Å². The number of nitrogen functional groups attached to an aromatic ring is 1. The normalized spacial score (nSPS) is 9.93. The highest BCUT2D eigenvalue weighted by atomic mass is 15.0. The molecule has 2 aromatic rings. The first-order valence-corrected chi connectivity index (χ1v) is 4.50. The lowest BCUT2D eigenvalue weighted by Gasteiger charge is -2.05. The second-order valence-corrected chi connectivity index (χ2v) is 3.21. The van der Waals surface area contributed by atoms with E-state index in [0.29, 0.717) is 11.6 Å². The van der Waals surface area contributed by atoms with Gasteiger partial charge in [0, 0.05) is 6.20 Å². The first-order chi connectivity index (χ1) is 7.24. The van der Waals surface area contributed by atoms with Crippen LogP contribution in [0.2, 0.25) is 0 Å². The van der Waals surface area contributed by atoms with Crippen molar-refractivity contribution in [2.75, 3.05) is 11.1 Å². The Balaban J connectivity index is 2.22. The maximum atomic E-state index is 5.51. The average Bonchev–Trinajstić information content (AvgIpc) is 2.17. The van der Waals surface area contributed by atoms with E-state index in [1.807, 2.05) is 13.0 Å². The molecule has 2 aromatic heterocycles. The van der Waals surface area contributed by atoms with Gasteiger partial charge < -0.3 is 11.1 Å². The minimum Gasteiger partial charge on any atom is -0.382 e. The van der Waals surface area contributed by atoms with E-state index in [1.54, 1.807) is 18.6 Å². The molecular formula is C10H11N5. The highest BCUT2D eigenvalue weighted by molar-refractivity contribution is 5.55. The smallest absolute Gasteiger partial charge is 0.151 e. The van der Waals surface area contributed by atoms with Gasteiger partial charge in [-0.1, -0.05) is 0 Å². The Morgan fingerprint density at radius 2 is 1.93 bits per heavy atom. The third-order valence-corrected chi connectivity index (χ3v) is 1.80. The molecule has 0 aliphatic heterocycles. The largest absolute Gasteiger partial charge is 0.382 e. The van der Waals surface area contributed by atoms with Gasteiger partial charge in [-0.3, -0.25) is 9.97 Å². The molecule has 0 saturated carbocycles. The molecule has 0 fully saturated rings. The average molecular weight is 201 g/mol. The summed E-state index contributed by atoms with van der Waals surface area (Å²) in [7, 11) is 0. The zero-order valence-electron chi connectivity index (χ0n) is 8.31. The number of anilines is 3. The minimum atomic E-state index is 0.389. The Kier molecular flexibility index (Phi) is 2.45. The number of hydrogen-bond acceptors (Lipinski definition) is 5. The third kappa shape index (κ3) is 2.40. The molecule has 0 aromatic carbocycles. The summed E-state index contributed by atoms with van der Waals surface area (Å²) in [6, 6.07) is 1.97. The van der Waals surface area contributed by atoms with E-state index in [1.165, 1.54) is 6.20 Å². The van der Waals surface area contributed by atoms with Crippen molar-refractivity contribution in [3.05, 3.63) is 36.4 Å². The van der Waals surface area contributed by atoms with Gasteiger partial charge in [0.2, 0.25) is 0 Å². The monoisotopic (exact) mass is 201 g/mol. The van der Waals surface area contributed by atoms with Crippen LogP contribution in [-0.2, 0) is 0 Å². The molecule has 5 nitrogen and oxygen atoms in total. The van der Waals surface area contributed by atoms with Crippen molar-refractivity contribution in [2.45, 2.75) is 6.92 Å². The molecule has 3 N–H and O–H groups in total. The second kappa shape index (κ2) is 3.91. The van der Waals surface area contributed by atoms with E-state index in [-0.39, 0.29) is 0 Å². The van der Waals surface area contributed by atoms with Crippen LogP contribution in [-0.4, -0.2) is 15.0 Å². The number of nitrogens with two attached hydrogens (primary N) is 1. The van der Waals surface area contributed by atoms with Gasteiger partial charge in [-0.25, -0.2) is 4.98 Å². The fourth-order valence-corrected chi connectivity index (χ4v) is 1.21. The Labute approximate surface area is 87.4 Å². The van der Waals surface area contributed by atoms with Gasteiger partial charge >= 0.3 is 0 Å². The summed E-state index contributed by atoms with van der Waals surface area (Å²) in [6.07, 6.45) is 6.62. The van der Waals surface area contributed by atoms with Crippen LogP contribution in [0.15, 0.2) is 30.9 Å². The van der Waals surface area contributed by atoms with E-state index >= 15 is 0 Å². The molecule has 2 rings (SSSR count). The zero-order chi connectivity index (χ0) is 10.7. The molecule has 0 radical (unpaired) electrons. The van der Waals surface area contributed by atoms with E-state index in [2.05, 4.69) is 20.3 Å². The van der Waals surface area contributed by atoms with Crippen LogP contribution >= 0.6 is 0 Å². The number of rotatable bonds is 2. The number of nitrogens with one attached hydrogen (secondary N) is 1. The van der Waals surface area contributed by atoms with Gasteiger partial charge in [0.15, 0.2) is 5.82 Å².